The van der Waals surface area contributed by atoms with Crippen molar-refractivity contribution < 1.29 is 14.3 Å². The van der Waals surface area contributed by atoms with Crippen LogP contribution in [-0.4, -0.2) is 54.3 Å². The quantitative estimate of drug-likeness (QED) is 0.680. The largest absolute Gasteiger partial charge is 0.497 e. The zero-order chi connectivity index (χ0) is 18.4. The second-order valence-corrected chi connectivity index (χ2v) is 6.69. The molecule has 0 spiro atoms. The highest BCUT2D eigenvalue weighted by atomic mass is 16.5. The molecule has 0 amide bonds. The maximum absolute atomic E-state index is 13.0. The number of hydrogen-bond acceptors (Lipinski definition) is 5. The van der Waals surface area contributed by atoms with E-state index in [-0.39, 0.29) is 11.7 Å². The van der Waals surface area contributed by atoms with Gasteiger partial charge < -0.3 is 14.4 Å². The fraction of sp³-hybridized carbons (Fsp3) is 0.500. The number of ether oxygens (including phenoxy) is 2. The number of benzene rings is 1. The SMILES string of the molecule is COc1ccc(C(=O)C2CCCN(CCCn3cccn3)C2)c(OC)c1. The minimum Gasteiger partial charge on any atom is -0.497 e. The van der Waals surface area contributed by atoms with Crippen LogP contribution in [0.1, 0.15) is 29.6 Å². The van der Waals surface area contributed by atoms with Crippen LogP contribution in [0.4, 0.5) is 0 Å². The molecule has 0 saturated carbocycles. The molecule has 26 heavy (non-hydrogen) atoms. The van der Waals surface area contributed by atoms with Crippen molar-refractivity contribution in [2.24, 2.45) is 5.92 Å². The number of carbonyl (C=O) groups is 1. The Bertz CT molecular complexity index is 715. The third kappa shape index (κ3) is 4.43. The minimum atomic E-state index is 0.0238. The summed E-state index contributed by atoms with van der Waals surface area (Å²) in [7, 11) is 3.20. The van der Waals surface area contributed by atoms with Gasteiger partial charge >= 0.3 is 0 Å². The summed E-state index contributed by atoms with van der Waals surface area (Å²) < 4.78 is 12.6. The molecule has 0 bridgehead atoms. The van der Waals surface area contributed by atoms with Crippen molar-refractivity contribution in [1.82, 2.24) is 14.7 Å². The highest BCUT2D eigenvalue weighted by Gasteiger charge is 2.28. The number of piperidine rings is 1. The number of aryl methyl sites for hydroxylation is 1. The lowest BCUT2D eigenvalue weighted by Gasteiger charge is -2.32. The number of aromatic nitrogens is 2. The lowest BCUT2D eigenvalue weighted by atomic mass is 9.89. The highest BCUT2D eigenvalue weighted by Crippen LogP contribution is 2.29. The first-order valence-corrected chi connectivity index (χ1v) is 9.17. The smallest absolute Gasteiger partial charge is 0.170 e. The van der Waals surface area contributed by atoms with Gasteiger partial charge in [0.05, 0.1) is 19.8 Å². The van der Waals surface area contributed by atoms with Crippen LogP contribution in [0.5, 0.6) is 11.5 Å². The molecule has 1 aromatic heterocycles. The number of carbonyl (C=O) groups excluding carboxylic acids is 1. The molecule has 140 valence electrons. The number of Topliss-reactive ketones (excluding diaryl/α,β-unsaturated/α-hetero) is 1. The molecule has 1 fully saturated rings. The van der Waals surface area contributed by atoms with E-state index < -0.39 is 0 Å². The van der Waals surface area contributed by atoms with Gasteiger partial charge in [0.25, 0.3) is 0 Å². The van der Waals surface area contributed by atoms with E-state index in [4.69, 9.17) is 9.47 Å². The lowest BCUT2D eigenvalue weighted by molar-refractivity contribution is 0.0814. The van der Waals surface area contributed by atoms with Crippen molar-refractivity contribution >= 4 is 5.78 Å². The maximum atomic E-state index is 13.0. The molecular formula is C20H27N3O3. The van der Waals surface area contributed by atoms with Gasteiger partial charge in [0.15, 0.2) is 5.78 Å². The average Bonchev–Trinajstić information content (AvgIpc) is 3.20. The highest BCUT2D eigenvalue weighted by molar-refractivity contribution is 6.00. The zero-order valence-corrected chi connectivity index (χ0v) is 15.6. The Kier molecular flexibility index (Phi) is 6.28. The molecule has 0 N–H and O–H groups in total. The van der Waals surface area contributed by atoms with Crippen LogP contribution in [-0.2, 0) is 6.54 Å². The van der Waals surface area contributed by atoms with Crippen molar-refractivity contribution in [3.8, 4) is 11.5 Å². The standard InChI is InChI=1S/C20H27N3O3/c1-25-17-7-8-18(19(14-17)26-2)20(24)16-6-3-10-22(15-16)11-5-13-23-12-4-9-21-23/h4,7-9,12,14,16H,3,5-6,10-11,13,15H2,1-2H3. The fourth-order valence-electron chi connectivity index (χ4n) is 3.58. The van der Waals surface area contributed by atoms with E-state index in [1.54, 1.807) is 26.5 Å². The van der Waals surface area contributed by atoms with E-state index in [1.165, 1.54) is 0 Å². The van der Waals surface area contributed by atoms with Crippen LogP contribution in [0.2, 0.25) is 0 Å². The first-order valence-electron chi connectivity index (χ1n) is 9.17. The number of nitrogens with zero attached hydrogens (tertiary/aromatic N) is 3. The Morgan fingerprint density at radius 3 is 2.88 bits per heavy atom. The van der Waals surface area contributed by atoms with Crippen molar-refractivity contribution in [2.75, 3.05) is 33.9 Å². The fourth-order valence-corrected chi connectivity index (χ4v) is 3.58. The first kappa shape index (κ1) is 18.5. The van der Waals surface area contributed by atoms with E-state index in [9.17, 15) is 4.79 Å². The van der Waals surface area contributed by atoms with Gasteiger partial charge in [-0.2, -0.15) is 5.10 Å². The van der Waals surface area contributed by atoms with Gasteiger partial charge in [-0.05, 0) is 50.6 Å². The summed E-state index contributed by atoms with van der Waals surface area (Å²) >= 11 is 0. The first-order chi connectivity index (χ1) is 12.7. The molecule has 1 aliphatic rings. The number of hydrogen-bond donors (Lipinski definition) is 0. The average molecular weight is 357 g/mol. The summed E-state index contributed by atoms with van der Waals surface area (Å²) in [6.45, 7) is 3.77. The van der Waals surface area contributed by atoms with Gasteiger partial charge in [0.1, 0.15) is 11.5 Å². The predicted octanol–water partition coefficient (Wildman–Crippen LogP) is 2.89. The second kappa shape index (κ2) is 8.85. The van der Waals surface area contributed by atoms with Crippen molar-refractivity contribution in [3.63, 3.8) is 0 Å². The molecular weight excluding hydrogens is 330 g/mol. The van der Waals surface area contributed by atoms with Crippen molar-refractivity contribution in [1.29, 1.82) is 0 Å². The summed E-state index contributed by atoms with van der Waals surface area (Å²) in [6, 6.07) is 7.35. The normalized spacial score (nSPS) is 17.8. The van der Waals surface area contributed by atoms with Gasteiger partial charge in [0, 0.05) is 37.5 Å². The summed E-state index contributed by atoms with van der Waals surface area (Å²) in [5, 5.41) is 4.23. The molecule has 1 aromatic carbocycles. The molecule has 6 heteroatoms. The number of likely N-dealkylation sites (tertiary alicyclic amines) is 1. The summed E-state index contributed by atoms with van der Waals surface area (Å²) in [5.41, 5.74) is 0.650. The van der Waals surface area contributed by atoms with Crippen LogP contribution in [0.15, 0.2) is 36.7 Å². The van der Waals surface area contributed by atoms with E-state index in [0.717, 1.165) is 45.4 Å². The van der Waals surface area contributed by atoms with Crippen LogP contribution in [0, 0.1) is 5.92 Å². The number of methoxy groups -OCH3 is 2. The lowest BCUT2D eigenvalue weighted by Crippen LogP contribution is -2.39. The third-order valence-corrected chi connectivity index (χ3v) is 4.97. The molecule has 0 aliphatic carbocycles. The molecule has 0 radical (unpaired) electrons. The predicted molar refractivity (Wildman–Crippen MR) is 99.9 cm³/mol. The molecule has 2 heterocycles. The van der Waals surface area contributed by atoms with E-state index >= 15 is 0 Å². The molecule has 6 nitrogen and oxygen atoms in total. The minimum absolute atomic E-state index is 0.0238. The topological polar surface area (TPSA) is 56.6 Å². The van der Waals surface area contributed by atoms with Gasteiger partial charge in [-0.25, -0.2) is 0 Å². The van der Waals surface area contributed by atoms with Crippen LogP contribution in [0.3, 0.4) is 0 Å². The molecule has 2 aromatic rings. The molecule has 1 unspecified atom stereocenters. The second-order valence-electron chi connectivity index (χ2n) is 6.69. The van der Waals surface area contributed by atoms with Crippen molar-refractivity contribution in [2.45, 2.75) is 25.8 Å². The van der Waals surface area contributed by atoms with E-state index in [0.29, 0.717) is 17.1 Å². The van der Waals surface area contributed by atoms with Crippen LogP contribution < -0.4 is 9.47 Å². The Morgan fingerprint density at radius 2 is 2.15 bits per heavy atom. The maximum Gasteiger partial charge on any atom is 0.170 e. The third-order valence-electron chi connectivity index (χ3n) is 4.97. The van der Waals surface area contributed by atoms with Gasteiger partial charge in [0.2, 0.25) is 0 Å². The molecule has 1 aliphatic heterocycles. The molecule has 3 rings (SSSR count). The van der Waals surface area contributed by atoms with E-state index in [2.05, 4.69) is 10.00 Å². The molecule has 1 saturated heterocycles. The zero-order valence-electron chi connectivity index (χ0n) is 15.6. The summed E-state index contributed by atoms with van der Waals surface area (Å²) in [5.74, 6) is 1.48. The monoisotopic (exact) mass is 357 g/mol. The summed E-state index contributed by atoms with van der Waals surface area (Å²) in [4.78, 5) is 15.4. The number of rotatable bonds is 8. The Balaban J connectivity index is 1.59. The van der Waals surface area contributed by atoms with Gasteiger partial charge in [-0.3, -0.25) is 9.48 Å². The van der Waals surface area contributed by atoms with Gasteiger partial charge in [-0.1, -0.05) is 0 Å². The summed E-state index contributed by atoms with van der Waals surface area (Å²) in [6.07, 6.45) is 6.81. The van der Waals surface area contributed by atoms with E-state index in [1.807, 2.05) is 29.1 Å². The van der Waals surface area contributed by atoms with Crippen LogP contribution >= 0.6 is 0 Å². The van der Waals surface area contributed by atoms with Crippen molar-refractivity contribution in [3.05, 3.63) is 42.2 Å². The Morgan fingerprint density at radius 1 is 1.27 bits per heavy atom. The number of ketones is 1. The Hall–Kier alpha value is -2.34. The van der Waals surface area contributed by atoms with Crippen LogP contribution in [0.25, 0.3) is 0 Å². The van der Waals surface area contributed by atoms with Gasteiger partial charge in [-0.15, -0.1) is 0 Å². The molecule has 1 atom stereocenters. The Labute approximate surface area is 154 Å².